The molecule has 0 saturated heterocycles. The van der Waals surface area contributed by atoms with Gasteiger partial charge in [0.05, 0.1) is 54.3 Å². The summed E-state index contributed by atoms with van der Waals surface area (Å²) in [4.78, 5) is 42.2. The van der Waals surface area contributed by atoms with E-state index < -0.39 is 16.7 Å². The molecule has 0 spiro atoms. The molecule has 1 radical (unpaired) electrons. The van der Waals surface area contributed by atoms with Crippen LogP contribution in [0.25, 0.3) is 0 Å². The molecule has 0 amide bonds. The van der Waals surface area contributed by atoms with Crippen molar-refractivity contribution in [3.8, 4) is 0 Å². The summed E-state index contributed by atoms with van der Waals surface area (Å²) in [7, 11) is 0. The zero-order chi connectivity index (χ0) is 20.6. The van der Waals surface area contributed by atoms with E-state index in [4.69, 9.17) is 15.6 Å². The average molecular weight is 434 g/mol. The van der Waals surface area contributed by atoms with Gasteiger partial charge in [-0.05, 0) is 20.8 Å². The molecule has 0 fully saturated rings. The van der Waals surface area contributed by atoms with Crippen LogP contribution in [0.4, 0.5) is 0 Å². The molecule has 12 nitrogen and oxygen atoms in total. The van der Waals surface area contributed by atoms with Crippen molar-refractivity contribution in [1.29, 1.82) is 0 Å². The smallest absolute Gasteiger partial charge is 0.425 e. The summed E-state index contributed by atoms with van der Waals surface area (Å²) in [5, 5.41) is 26.0. The molecule has 13 heteroatoms. The predicted molar refractivity (Wildman–Crippen MR) is 91.3 cm³/mol. The Hall–Kier alpha value is -3.44. The van der Waals surface area contributed by atoms with Gasteiger partial charge in [0.1, 0.15) is 0 Å². The Morgan fingerprint density at radius 2 is 0.821 bits per heavy atom. The molecular weight excluding hydrogens is 416 g/mol. The van der Waals surface area contributed by atoms with E-state index in [0.717, 1.165) is 18.6 Å². The van der Waals surface area contributed by atoms with Gasteiger partial charge in [-0.15, -0.1) is 0 Å². The third-order valence-electron chi connectivity index (χ3n) is 2.74. The number of hydrogen-bond donors (Lipinski definition) is 3. The van der Waals surface area contributed by atoms with Gasteiger partial charge < -0.3 is 15.6 Å². The third-order valence-corrected chi connectivity index (χ3v) is 2.74. The van der Waals surface area contributed by atoms with Crippen molar-refractivity contribution in [3.63, 3.8) is 0 Å². The van der Waals surface area contributed by atoms with E-state index >= 15 is 0 Å². The van der Waals surface area contributed by atoms with Gasteiger partial charge in [0, 0.05) is 0 Å². The fraction of sp³-hybridized carbons (Fsp3) is 0.200. The maximum Gasteiger partial charge on any atom is 3.00 e. The Morgan fingerprint density at radius 1 is 0.607 bits per heavy atom. The topological polar surface area (TPSA) is 165 Å². The van der Waals surface area contributed by atoms with E-state index in [1.54, 1.807) is 20.8 Å². The second kappa shape index (κ2) is 11.3. The second-order valence-electron chi connectivity index (χ2n) is 5.13. The Kier molecular flexibility index (Phi) is 9.92. The van der Waals surface area contributed by atoms with E-state index in [9.17, 15) is 14.4 Å². The first-order valence-corrected chi connectivity index (χ1v) is 7.34. The zero-order valence-electron chi connectivity index (χ0n) is 15.1. The monoisotopic (exact) mass is 434 g/mol. The van der Waals surface area contributed by atoms with Crippen LogP contribution in [0.2, 0.25) is 0 Å². The average Bonchev–Trinajstić information content (AvgIpc) is 2.60. The van der Waals surface area contributed by atoms with Gasteiger partial charge in [0.25, 0.3) is 0 Å². The van der Waals surface area contributed by atoms with Crippen molar-refractivity contribution in [1.82, 2.24) is 29.1 Å². The molecule has 0 aliphatic heterocycles. The fourth-order valence-electron chi connectivity index (χ4n) is 1.47. The van der Waals surface area contributed by atoms with Crippen molar-refractivity contribution in [2.24, 2.45) is 0 Å². The molecule has 3 rings (SSSR count). The van der Waals surface area contributed by atoms with Crippen LogP contribution in [-0.4, -0.2) is 44.8 Å². The first-order chi connectivity index (χ1) is 12.6. The molecule has 0 atom stereocenters. The summed E-state index contributed by atoms with van der Waals surface area (Å²) >= 11 is 0. The Labute approximate surface area is 168 Å². The summed E-state index contributed by atoms with van der Waals surface area (Å²) in [5.41, 5.74) is 0.285. The number of aryl methyl sites for hydroxylation is 3. The summed E-state index contributed by atoms with van der Waals surface area (Å²) in [6, 6.07) is 0. The van der Waals surface area contributed by atoms with Gasteiger partial charge in [-0.25, -0.2) is 0 Å². The van der Waals surface area contributed by atoms with E-state index in [1.807, 2.05) is 0 Å². The minimum absolute atomic E-state index is 0. The molecule has 149 valence electrons. The zero-order valence-corrected chi connectivity index (χ0v) is 16.2. The molecule has 3 aromatic rings. The maximum atomic E-state index is 10.4. The normalized spacial score (nSPS) is 9.11. The quantitative estimate of drug-likeness (QED) is 0.308. The molecule has 3 heterocycles. The van der Waals surface area contributed by atoms with E-state index in [2.05, 4.69) is 15.0 Å². The predicted octanol–water partition coefficient (Wildman–Crippen LogP) is -0.635. The van der Waals surface area contributed by atoms with Crippen molar-refractivity contribution in [3.05, 3.63) is 85.3 Å². The SMILES string of the molecule is Cc1cn(O)c(=O)cn1.Cc1cn(O)c(=O)cn1.Cc1cn(O)c(=O)cn1.[Fe+3]. The number of nitrogens with zero attached hydrogens (tertiary/aromatic N) is 6. The molecule has 0 unspecified atom stereocenters. The van der Waals surface area contributed by atoms with Crippen LogP contribution in [0.1, 0.15) is 17.1 Å². The Balaban J connectivity index is 0.000000384. The third kappa shape index (κ3) is 8.29. The van der Waals surface area contributed by atoms with E-state index in [0.29, 0.717) is 31.3 Å². The summed E-state index contributed by atoms with van der Waals surface area (Å²) in [6.45, 7) is 5.06. The van der Waals surface area contributed by atoms with Crippen LogP contribution in [0.15, 0.2) is 51.6 Å². The first kappa shape index (κ1) is 24.6. The first-order valence-electron chi connectivity index (χ1n) is 7.34. The van der Waals surface area contributed by atoms with Crippen molar-refractivity contribution < 1.29 is 32.7 Å². The van der Waals surface area contributed by atoms with Crippen molar-refractivity contribution in [2.75, 3.05) is 0 Å². The molecular formula is C15H18FeN6O6+3. The molecule has 28 heavy (non-hydrogen) atoms. The molecule has 3 aromatic heterocycles. The molecule has 0 aliphatic rings. The van der Waals surface area contributed by atoms with Gasteiger partial charge in [-0.3, -0.25) is 29.3 Å². The molecule has 0 saturated carbocycles. The minimum atomic E-state index is -0.513. The minimum Gasteiger partial charge on any atom is -0.425 e. The van der Waals surface area contributed by atoms with Crippen LogP contribution in [-0.2, 0) is 17.1 Å². The largest absolute Gasteiger partial charge is 3.00 e. The number of aromatic nitrogens is 6. The Bertz CT molecular complexity index is 941. The van der Waals surface area contributed by atoms with Crippen molar-refractivity contribution >= 4 is 0 Å². The van der Waals surface area contributed by atoms with Crippen LogP contribution in [0.5, 0.6) is 0 Å². The molecule has 3 N–H and O–H groups in total. The summed E-state index contributed by atoms with van der Waals surface area (Å²) < 4.78 is 1.51. The second-order valence-corrected chi connectivity index (χ2v) is 5.13. The van der Waals surface area contributed by atoms with Crippen LogP contribution in [0.3, 0.4) is 0 Å². The van der Waals surface area contributed by atoms with Gasteiger partial charge in [-0.2, -0.15) is 14.2 Å². The van der Waals surface area contributed by atoms with Gasteiger partial charge >= 0.3 is 33.7 Å². The van der Waals surface area contributed by atoms with Gasteiger partial charge in [0.2, 0.25) is 0 Å². The van der Waals surface area contributed by atoms with Gasteiger partial charge in [0.15, 0.2) is 0 Å². The summed E-state index contributed by atoms with van der Waals surface area (Å²) in [6.07, 6.45) is 6.95. The fourth-order valence-corrected chi connectivity index (χ4v) is 1.47. The van der Waals surface area contributed by atoms with Crippen molar-refractivity contribution in [2.45, 2.75) is 20.8 Å². The van der Waals surface area contributed by atoms with Crippen LogP contribution < -0.4 is 16.7 Å². The van der Waals surface area contributed by atoms with Crippen LogP contribution >= 0.6 is 0 Å². The number of hydrogen-bond acceptors (Lipinski definition) is 9. The summed E-state index contributed by atoms with van der Waals surface area (Å²) in [5.74, 6) is 0. The van der Waals surface area contributed by atoms with E-state index in [-0.39, 0.29) is 17.1 Å². The van der Waals surface area contributed by atoms with E-state index in [1.165, 1.54) is 18.6 Å². The van der Waals surface area contributed by atoms with Gasteiger partial charge in [-0.1, -0.05) is 0 Å². The molecule has 0 aromatic carbocycles. The standard InChI is InChI=1S/3C5H6N2O2.Fe/c3*1-4-3-7(9)5(8)2-6-4;/h3*2-3,9H,1H3;/q;;;+3. The number of rotatable bonds is 0. The van der Waals surface area contributed by atoms with Crippen LogP contribution in [0, 0.1) is 20.8 Å². The maximum absolute atomic E-state index is 10.4. The molecule has 0 aliphatic carbocycles. The Morgan fingerprint density at radius 3 is 0.964 bits per heavy atom. The molecule has 0 bridgehead atoms.